The van der Waals surface area contributed by atoms with Crippen molar-refractivity contribution >= 4 is 5.78 Å². The molecule has 0 N–H and O–H groups in total. The Morgan fingerprint density at radius 3 is 2.52 bits per heavy atom. The minimum Gasteiger partial charge on any atom is -0.490 e. The average molecular weight is 288 g/mol. The lowest BCUT2D eigenvalue weighted by Crippen LogP contribution is -2.07. The van der Waals surface area contributed by atoms with Crippen LogP contribution in [0, 0.1) is 5.82 Å². The number of benzene rings is 2. The van der Waals surface area contributed by atoms with E-state index in [1.807, 2.05) is 6.07 Å². The summed E-state index contributed by atoms with van der Waals surface area (Å²) in [7, 11) is 1.58. The molecule has 0 atom stereocenters. The molecule has 21 heavy (non-hydrogen) atoms. The Bertz CT molecular complexity index is 638. The molecule has 0 saturated heterocycles. The van der Waals surface area contributed by atoms with E-state index in [9.17, 15) is 9.18 Å². The van der Waals surface area contributed by atoms with E-state index < -0.39 is 0 Å². The van der Waals surface area contributed by atoms with E-state index in [1.165, 1.54) is 19.1 Å². The fourth-order valence-electron chi connectivity index (χ4n) is 2.02. The van der Waals surface area contributed by atoms with Gasteiger partial charge in [0, 0.05) is 7.11 Å². The Morgan fingerprint density at radius 2 is 1.86 bits per heavy atom. The molecule has 0 saturated carbocycles. The summed E-state index contributed by atoms with van der Waals surface area (Å²) in [5, 5.41) is 0. The van der Waals surface area contributed by atoms with Crippen LogP contribution < -0.4 is 4.74 Å². The van der Waals surface area contributed by atoms with E-state index >= 15 is 0 Å². The lowest BCUT2D eigenvalue weighted by molar-refractivity contribution is 0.100. The topological polar surface area (TPSA) is 35.5 Å². The number of ether oxygens (including phenoxy) is 2. The predicted molar refractivity (Wildman–Crippen MR) is 79.2 cm³/mol. The predicted octanol–water partition coefficient (Wildman–Crippen LogP) is 3.72. The first kappa shape index (κ1) is 15.2. The third kappa shape index (κ3) is 3.89. The molecule has 0 spiro atoms. The van der Waals surface area contributed by atoms with Gasteiger partial charge in [-0.05, 0) is 42.3 Å². The van der Waals surface area contributed by atoms with Crippen LogP contribution in [0.5, 0.6) is 5.75 Å². The van der Waals surface area contributed by atoms with E-state index in [-0.39, 0.29) is 11.6 Å². The molecule has 0 radical (unpaired) electrons. The zero-order valence-electron chi connectivity index (χ0n) is 12.1. The number of methoxy groups -OCH3 is 1. The van der Waals surface area contributed by atoms with Gasteiger partial charge in [0.2, 0.25) is 0 Å². The minimum absolute atomic E-state index is 0.0757. The van der Waals surface area contributed by atoms with E-state index in [0.29, 0.717) is 24.5 Å². The molecule has 2 aromatic rings. The Balaban J connectivity index is 2.36. The molecule has 0 aromatic heterocycles. The molecule has 0 unspecified atom stereocenters. The highest BCUT2D eigenvalue weighted by Gasteiger charge is 2.11. The van der Waals surface area contributed by atoms with Crippen molar-refractivity contribution in [3.8, 4) is 16.9 Å². The second kappa shape index (κ2) is 6.99. The number of ketones is 1. The summed E-state index contributed by atoms with van der Waals surface area (Å²) in [6, 6.07) is 11.5. The summed E-state index contributed by atoms with van der Waals surface area (Å²) in [5.41, 5.74) is 2.04. The summed E-state index contributed by atoms with van der Waals surface area (Å²) >= 11 is 0. The van der Waals surface area contributed by atoms with Crippen LogP contribution >= 0.6 is 0 Å². The molecule has 0 aliphatic carbocycles. The minimum atomic E-state index is -0.301. The number of carbonyl (C=O) groups excluding carboxylic acids is 1. The second-order valence-corrected chi connectivity index (χ2v) is 4.62. The van der Waals surface area contributed by atoms with Crippen molar-refractivity contribution in [1.29, 1.82) is 0 Å². The molecule has 0 aliphatic rings. The van der Waals surface area contributed by atoms with Gasteiger partial charge in [-0.1, -0.05) is 18.2 Å². The van der Waals surface area contributed by atoms with Crippen molar-refractivity contribution < 1.29 is 18.7 Å². The SMILES string of the molecule is COCCOc1cc(-c2cccc(F)c2)ccc1C(C)=O. The van der Waals surface area contributed by atoms with Gasteiger partial charge in [0.05, 0.1) is 12.2 Å². The fourth-order valence-corrected chi connectivity index (χ4v) is 2.02. The molecule has 0 amide bonds. The summed E-state index contributed by atoms with van der Waals surface area (Å²) in [4.78, 5) is 11.6. The number of hydrogen-bond acceptors (Lipinski definition) is 3. The van der Waals surface area contributed by atoms with Gasteiger partial charge in [-0.25, -0.2) is 4.39 Å². The van der Waals surface area contributed by atoms with Crippen molar-refractivity contribution in [2.75, 3.05) is 20.3 Å². The van der Waals surface area contributed by atoms with E-state index in [4.69, 9.17) is 9.47 Å². The summed E-state index contributed by atoms with van der Waals surface area (Å²) in [6.07, 6.45) is 0. The van der Waals surface area contributed by atoms with Crippen molar-refractivity contribution in [1.82, 2.24) is 0 Å². The molecular weight excluding hydrogens is 271 g/mol. The number of Topliss-reactive ketones (excluding diaryl/α,β-unsaturated/α-hetero) is 1. The van der Waals surface area contributed by atoms with Crippen molar-refractivity contribution in [3.05, 3.63) is 53.8 Å². The van der Waals surface area contributed by atoms with E-state index in [0.717, 1.165) is 11.1 Å². The van der Waals surface area contributed by atoms with E-state index in [2.05, 4.69) is 0 Å². The highest BCUT2D eigenvalue weighted by molar-refractivity contribution is 5.97. The maximum Gasteiger partial charge on any atom is 0.163 e. The first-order valence-electron chi connectivity index (χ1n) is 6.64. The largest absolute Gasteiger partial charge is 0.490 e. The number of carbonyl (C=O) groups is 1. The lowest BCUT2D eigenvalue weighted by Gasteiger charge is -2.12. The normalized spacial score (nSPS) is 10.4. The summed E-state index contributed by atoms with van der Waals surface area (Å²) in [5.74, 6) is 0.111. The lowest BCUT2D eigenvalue weighted by atomic mass is 10.0. The Kier molecular flexibility index (Phi) is 5.06. The highest BCUT2D eigenvalue weighted by atomic mass is 19.1. The molecule has 0 heterocycles. The van der Waals surface area contributed by atoms with Crippen LogP contribution in [0.1, 0.15) is 17.3 Å². The molecule has 2 rings (SSSR count). The van der Waals surface area contributed by atoms with Gasteiger partial charge in [0.15, 0.2) is 5.78 Å². The van der Waals surface area contributed by atoms with Crippen molar-refractivity contribution in [2.24, 2.45) is 0 Å². The number of hydrogen-bond donors (Lipinski definition) is 0. The van der Waals surface area contributed by atoms with Gasteiger partial charge in [-0.2, -0.15) is 0 Å². The molecule has 3 nitrogen and oxygen atoms in total. The molecule has 0 aliphatic heterocycles. The Hall–Kier alpha value is -2.20. The first-order valence-corrected chi connectivity index (χ1v) is 6.64. The molecular formula is C17H17FO3. The van der Waals surface area contributed by atoms with Crippen LogP contribution in [-0.4, -0.2) is 26.1 Å². The van der Waals surface area contributed by atoms with Gasteiger partial charge in [-0.3, -0.25) is 4.79 Å². The third-order valence-corrected chi connectivity index (χ3v) is 3.06. The number of rotatable bonds is 6. The van der Waals surface area contributed by atoms with Gasteiger partial charge >= 0.3 is 0 Å². The zero-order chi connectivity index (χ0) is 15.2. The van der Waals surface area contributed by atoms with Gasteiger partial charge in [0.25, 0.3) is 0 Å². The van der Waals surface area contributed by atoms with Crippen LogP contribution in [0.15, 0.2) is 42.5 Å². The van der Waals surface area contributed by atoms with Gasteiger partial charge in [-0.15, -0.1) is 0 Å². The van der Waals surface area contributed by atoms with E-state index in [1.54, 1.807) is 31.4 Å². The third-order valence-electron chi connectivity index (χ3n) is 3.06. The number of halogens is 1. The molecule has 0 bridgehead atoms. The van der Waals surface area contributed by atoms with Gasteiger partial charge < -0.3 is 9.47 Å². The second-order valence-electron chi connectivity index (χ2n) is 4.62. The van der Waals surface area contributed by atoms with Crippen LogP contribution in [-0.2, 0) is 4.74 Å². The van der Waals surface area contributed by atoms with Crippen LogP contribution in [0.4, 0.5) is 4.39 Å². The average Bonchev–Trinajstić information content (AvgIpc) is 2.47. The Labute approximate surface area is 123 Å². The summed E-state index contributed by atoms with van der Waals surface area (Å²) in [6.45, 7) is 2.27. The fraction of sp³-hybridized carbons (Fsp3) is 0.235. The molecule has 0 fully saturated rings. The highest BCUT2D eigenvalue weighted by Crippen LogP contribution is 2.28. The zero-order valence-corrected chi connectivity index (χ0v) is 12.1. The van der Waals surface area contributed by atoms with Crippen molar-refractivity contribution in [2.45, 2.75) is 6.92 Å². The maximum absolute atomic E-state index is 13.3. The van der Waals surface area contributed by atoms with Crippen LogP contribution in [0.2, 0.25) is 0 Å². The van der Waals surface area contributed by atoms with Crippen LogP contribution in [0.3, 0.4) is 0 Å². The summed E-state index contributed by atoms with van der Waals surface area (Å²) < 4.78 is 23.8. The molecule has 110 valence electrons. The monoisotopic (exact) mass is 288 g/mol. The maximum atomic E-state index is 13.3. The van der Waals surface area contributed by atoms with Crippen LogP contribution in [0.25, 0.3) is 11.1 Å². The molecule has 2 aromatic carbocycles. The van der Waals surface area contributed by atoms with Crippen molar-refractivity contribution in [3.63, 3.8) is 0 Å². The Morgan fingerprint density at radius 1 is 1.10 bits per heavy atom. The smallest absolute Gasteiger partial charge is 0.163 e. The standard InChI is InChI=1S/C17H17FO3/c1-12(19)16-7-6-14(11-17(16)21-9-8-20-2)13-4-3-5-15(18)10-13/h3-7,10-11H,8-9H2,1-2H3. The molecule has 4 heteroatoms. The first-order chi connectivity index (χ1) is 10.1. The van der Waals surface area contributed by atoms with Gasteiger partial charge in [0.1, 0.15) is 18.2 Å². The quantitative estimate of drug-likeness (QED) is 0.600.